The highest BCUT2D eigenvalue weighted by molar-refractivity contribution is 5.25. The highest BCUT2D eigenvalue weighted by Crippen LogP contribution is 2.36. The van der Waals surface area contributed by atoms with Gasteiger partial charge in [-0.05, 0) is 24.3 Å². The second-order valence-electron chi connectivity index (χ2n) is 4.95. The maximum absolute atomic E-state index is 6.57. The van der Waals surface area contributed by atoms with E-state index in [0.717, 1.165) is 0 Å². The molecule has 16 heavy (non-hydrogen) atoms. The molecule has 0 saturated heterocycles. The minimum absolute atomic E-state index is 0.318. The van der Waals surface area contributed by atoms with Gasteiger partial charge in [0.2, 0.25) is 0 Å². The summed E-state index contributed by atoms with van der Waals surface area (Å²) in [5, 5.41) is 0. The molecule has 0 aliphatic heterocycles. The third-order valence-corrected chi connectivity index (χ3v) is 3.98. The van der Waals surface area contributed by atoms with Crippen molar-refractivity contribution >= 4 is 0 Å². The van der Waals surface area contributed by atoms with Gasteiger partial charge >= 0.3 is 0 Å². The predicted octanol–water partition coefficient (Wildman–Crippen LogP) is 2.38. The maximum Gasteiger partial charge on any atom is 0.0562 e. The van der Waals surface area contributed by atoms with Gasteiger partial charge < -0.3 is 11.5 Å². The van der Waals surface area contributed by atoms with Crippen molar-refractivity contribution in [2.24, 2.45) is 17.4 Å². The molecule has 1 aromatic carbocycles. The lowest BCUT2D eigenvalue weighted by molar-refractivity contribution is 0.212. The molecule has 2 heteroatoms. The van der Waals surface area contributed by atoms with Crippen molar-refractivity contribution in [1.82, 2.24) is 0 Å². The first-order valence-electron chi connectivity index (χ1n) is 6.32. The summed E-state index contributed by atoms with van der Waals surface area (Å²) in [5.41, 5.74) is 13.4. The molecule has 1 atom stereocenters. The van der Waals surface area contributed by atoms with Gasteiger partial charge in [0, 0.05) is 6.54 Å². The van der Waals surface area contributed by atoms with Gasteiger partial charge in [0.15, 0.2) is 0 Å². The van der Waals surface area contributed by atoms with E-state index in [-0.39, 0.29) is 5.54 Å². The smallest absolute Gasteiger partial charge is 0.0562 e. The lowest BCUT2D eigenvalue weighted by Crippen LogP contribution is -2.50. The van der Waals surface area contributed by atoms with E-state index < -0.39 is 0 Å². The zero-order valence-corrected chi connectivity index (χ0v) is 9.86. The Hall–Kier alpha value is -0.860. The Labute approximate surface area is 98.0 Å². The summed E-state index contributed by atoms with van der Waals surface area (Å²) in [5.74, 6) is 0.550. The lowest BCUT2D eigenvalue weighted by atomic mass is 9.71. The molecule has 1 aliphatic rings. The molecule has 1 aliphatic carbocycles. The number of rotatable bonds is 3. The van der Waals surface area contributed by atoms with Gasteiger partial charge in [-0.1, -0.05) is 49.6 Å². The van der Waals surface area contributed by atoms with Crippen molar-refractivity contribution in [2.75, 3.05) is 6.54 Å². The van der Waals surface area contributed by atoms with Crippen LogP contribution in [-0.2, 0) is 5.54 Å². The average molecular weight is 218 g/mol. The number of nitrogens with two attached hydrogens (primary N) is 2. The van der Waals surface area contributed by atoms with E-state index in [1.807, 2.05) is 6.07 Å². The van der Waals surface area contributed by atoms with Crippen LogP contribution in [0.3, 0.4) is 0 Å². The Morgan fingerprint density at radius 2 is 1.69 bits per heavy atom. The molecule has 1 unspecified atom stereocenters. The molecule has 0 bridgehead atoms. The van der Waals surface area contributed by atoms with E-state index in [4.69, 9.17) is 11.5 Å². The third kappa shape index (κ3) is 2.13. The molecule has 4 N–H and O–H groups in total. The van der Waals surface area contributed by atoms with Crippen LogP contribution in [0.5, 0.6) is 0 Å². The second kappa shape index (κ2) is 4.98. The van der Waals surface area contributed by atoms with Crippen LogP contribution in [0.15, 0.2) is 30.3 Å². The highest BCUT2D eigenvalue weighted by Gasteiger charge is 2.35. The molecule has 0 heterocycles. The summed E-state index contributed by atoms with van der Waals surface area (Å²) in [6.45, 7) is 0.543. The fourth-order valence-corrected chi connectivity index (χ4v) is 2.89. The van der Waals surface area contributed by atoms with E-state index in [2.05, 4.69) is 24.3 Å². The van der Waals surface area contributed by atoms with Crippen molar-refractivity contribution in [3.05, 3.63) is 35.9 Å². The summed E-state index contributed by atoms with van der Waals surface area (Å²) >= 11 is 0. The van der Waals surface area contributed by atoms with Gasteiger partial charge in [0.25, 0.3) is 0 Å². The molecule has 1 fully saturated rings. The van der Waals surface area contributed by atoms with Crippen molar-refractivity contribution < 1.29 is 0 Å². The molecular weight excluding hydrogens is 196 g/mol. The Morgan fingerprint density at radius 1 is 1.06 bits per heavy atom. The zero-order chi connectivity index (χ0) is 11.4. The monoisotopic (exact) mass is 218 g/mol. The van der Waals surface area contributed by atoms with Crippen LogP contribution in [0.1, 0.15) is 37.7 Å². The van der Waals surface area contributed by atoms with Crippen LogP contribution in [0.4, 0.5) is 0 Å². The molecule has 88 valence electrons. The molecular formula is C14H22N2. The van der Waals surface area contributed by atoms with E-state index in [1.54, 1.807) is 0 Å². The number of hydrogen-bond acceptors (Lipinski definition) is 2. The Bertz CT molecular complexity index is 317. The van der Waals surface area contributed by atoms with E-state index in [1.165, 1.54) is 37.7 Å². The van der Waals surface area contributed by atoms with Crippen LogP contribution in [0.2, 0.25) is 0 Å². The van der Waals surface area contributed by atoms with Crippen molar-refractivity contribution in [1.29, 1.82) is 0 Å². The predicted molar refractivity (Wildman–Crippen MR) is 67.9 cm³/mol. The second-order valence-corrected chi connectivity index (χ2v) is 4.95. The van der Waals surface area contributed by atoms with Gasteiger partial charge in [0.1, 0.15) is 0 Å². The van der Waals surface area contributed by atoms with Gasteiger partial charge in [-0.3, -0.25) is 0 Å². The standard InChI is InChI=1S/C14H22N2/c15-11-14(16,12-7-3-1-4-8-12)13-9-5-2-6-10-13/h1,3-4,7-8,13H,2,5-6,9-11,15-16H2. The van der Waals surface area contributed by atoms with Gasteiger partial charge in [0.05, 0.1) is 5.54 Å². The van der Waals surface area contributed by atoms with Crippen LogP contribution in [0, 0.1) is 5.92 Å². The highest BCUT2D eigenvalue weighted by atomic mass is 14.8. The molecule has 1 saturated carbocycles. The first-order valence-corrected chi connectivity index (χ1v) is 6.32. The maximum atomic E-state index is 6.57. The topological polar surface area (TPSA) is 52.0 Å². The summed E-state index contributed by atoms with van der Waals surface area (Å²) in [6.07, 6.45) is 6.41. The molecule has 2 rings (SSSR count). The first-order chi connectivity index (χ1) is 7.77. The molecule has 0 amide bonds. The third-order valence-electron chi connectivity index (χ3n) is 3.98. The molecule has 0 aromatic heterocycles. The van der Waals surface area contributed by atoms with Crippen LogP contribution < -0.4 is 11.5 Å². The van der Waals surface area contributed by atoms with Crippen molar-refractivity contribution in [3.8, 4) is 0 Å². The number of benzene rings is 1. The quantitative estimate of drug-likeness (QED) is 0.818. The van der Waals surface area contributed by atoms with Crippen LogP contribution in [-0.4, -0.2) is 6.54 Å². The first kappa shape index (κ1) is 11.6. The Kier molecular flexibility index (Phi) is 3.62. The summed E-state index contributed by atoms with van der Waals surface area (Å²) in [6, 6.07) is 10.4. The summed E-state index contributed by atoms with van der Waals surface area (Å²) in [4.78, 5) is 0. The minimum Gasteiger partial charge on any atom is -0.328 e. The lowest BCUT2D eigenvalue weighted by Gasteiger charge is -2.39. The van der Waals surface area contributed by atoms with Crippen molar-refractivity contribution in [2.45, 2.75) is 37.6 Å². The SMILES string of the molecule is NCC(N)(c1ccccc1)C1CCCCC1. The average Bonchev–Trinajstić information content (AvgIpc) is 2.40. The van der Waals surface area contributed by atoms with Gasteiger partial charge in [-0.2, -0.15) is 0 Å². The Balaban J connectivity index is 2.24. The fraction of sp³-hybridized carbons (Fsp3) is 0.571. The van der Waals surface area contributed by atoms with Crippen LogP contribution in [0.25, 0.3) is 0 Å². The molecule has 2 nitrogen and oxygen atoms in total. The Morgan fingerprint density at radius 3 is 2.25 bits per heavy atom. The molecule has 1 aromatic rings. The fourth-order valence-electron chi connectivity index (χ4n) is 2.89. The van der Waals surface area contributed by atoms with Crippen molar-refractivity contribution in [3.63, 3.8) is 0 Å². The normalized spacial score (nSPS) is 21.6. The number of hydrogen-bond donors (Lipinski definition) is 2. The van der Waals surface area contributed by atoms with E-state index in [9.17, 15) is 0 Å². The van der Waals surface area contributed by atoms with E-state index in [0.29, 0.717) is 12.5 Å². The molecule has 0 radical (unpaired) electrons. The van der Waals surface area contributed by atoms with Gasteiger partial charge in [-0.15, -0.1) is 0 Å². The summed E-state index contributed by atoms with van der Waals surface area (Å²) in [7, 11) is 0. The van der Waals surface area contributed by atoms with E-state index >= 15 is 0 Å². The zero-order valence-electron chi connectivity index (χ0n) is 9.86. The summed E-state index contributed by atoms with van der Waals surface area (Å²) < 4.78 is 0. The largest absolute Gasteiger partial charge is 0.328 e. The molecule has 0 spiro atoms. The van der Waals surface area contributed by atoms with Crippen LogP contribution >= 0.6 is 0 Å². The van der Waals surface area contributed by atoms with Gasteiger partial charge in [-0.25, -0.2) is 0 Å². The minimum atomic E-state index is -0.318.